The van der Waals surface area contributed by atoms with Gasteiger partial charge in [-0.3, -0.25) is 20.0 Å². The summed E-state index contributed by atoms with van der Waals surface area (Å²) in [6.45, 7) is 0.234. The lowest BCUT2D eigenvalue weighted by atomic mass is 10.2. The fourth-order valence-corrected chi connectivity index (χ4v) is 1.77. The molecule has 0 saturated heterocycles. The molecular weight excluding hydrogens is 272 g/mol. The molecule has 0 saturated carbocycles. The highest BCUT2D eigenvalue weighted by atomic mass is 35.5. The van der Waals surface area contributed by atoms with Crippen LogP contribution < -0.4 is 5.32 Å². The van der Waals surface area contributed by atoms with Crippen LogP contribution in [0.25, 0.3) is 0 Å². The zero-order valence-electron chi connectivity index (χ0n) is 9.59. The van der Waals surface area contributed by atoms with E-state index >= 15 is 0 Å². The Kier molecular flexibility index (Phi) is 3.76. The van der Waals surface area contributed by atoms with E-state index in [-0.39, 0.29) is 22.8 Å². The van der Waals surface area contributed by atoms with Gasteiger partial charge in [-0.05, 0) is 12.1 Å². The minimum Gasteiger partial charge on any atom is -0.346 e. The summed E-state index contributed by atoms with van der Waals surface area (Å²) in [6, 6.07) is 5.79. The van der Waals surface area contributed by atoms with Gasteiger partial charge in [0, 0.05) is 12.3 Å². The lowest BCUT2D eigenvalue weighted by Gasteiger charge is -2.05. The number of nitrogens with zero attached hydrogens (tertiary/aromatic N) is 2. The molecule has 2 aromatic rings. The molecule has 0 atom stereocenters. The molecule has 98 valence electrons. The molecule has 0 fully saturated rings. The monoisotopic (exact) mass is 280 g/mol. The molecule has 2 N–H and O–H groups in total. The molecule has 1 aromatic heterocycles. The maximum Gasteiger partial charge on any atom is 0.288 e. The van der Waals surface area contributed by atoms with E-state index in [1.54, 1.807) is 12.3 Å². The van der Waals surface area contributed by atoms with Gasteiger partial charge in [-0.25, -0.2) is 0 Å². The molecular formula is C11H9ClN4O3. The van der Waals surface area contributed by atoms with E-state index in [4.69, 9.17) is 11.6 Å². The van der Waals surface area contributed by atoms with Gasteiger partial charge in [0.15, 0.2) is 0 Å². The van der Waals surface area contributed by atoms with Crippen LogP contribution in [0.3, 0.4) is 0 Å². The van der Waals surface area contributed by atoms with E-state index in [1.165, 1.54) is 18.2 Å². The summed E-state index contributed by atoms with van der Waals surface area (Å²) in [6.07, 6.45) is 1.56. The van der Waals surface area contributed by atoms with Gasteiger partial charge in [0.05, 0.1) is 22.7 Å². The Morgan fingerprint density at radius 3 is 2.89 bits per heavy atom. The molecule has 0 aliphatic heterocycles. The zero-order chi connectivity index (χ0) is 13.8. The van der Waals surface area contributed by atoms with Gasteiger partial charge in [0.25, 0.3) is 11.6 Å². The second kappa shape index (κ2) is 5.49. The first-order chi connectivity index (χ1) is 9.09. The standard InChI is InChI=1S/C11H9ClN4O3/c12-10-8(2-1-3-9(10)16(18)19)11(17)13-6-7-4-5-14-15-7/h1-5H,6H2,(H,13,17)(H,14,15). The molecule has 19 heavy (non-hydrogen) atoms. The molecule has 2 rings (SSSR count). The van der Waals surface area contributed by atoms with Gasteiger partial charge in [-0.2, -0.15) is 5.10 Å². The normalized spacial score (nSPS) is 10.2. The third-order valence-electron chi connectivity index (χ3n) is 2.42. The SMILES string of the molecule is O=C(NCc1ccn[nH]1)c1cccc([N+](=O)[O-])c1Cl. The van der Waals surface area contributed by atoms with Crippen LogP contribution in [0.2, 0.25) is 5.02 Å². The van der Waals surface area contributed by atoms with Gasteiger partial charge in [0.2, 0.25) is 0 Å². The number of hydrogen-bond acceptors (Lipinski definition) is 4. The van der Waals surface area contributed by atoms with E-state index in [0.717, 1.165) is 5.69 Å². The maximum absolute atomic E-state index is 11.9. The third kappa shape index (κ3) is 2.89. The fraction of sp³-hybridized carbons (Fsp3) is 0.0909. The van der Waals surface area contributed by atoms with E-state index in [0.29, 0.717) is 0 Å². The highest BCUT2D eigenvalue weighted by Gasteiger charge is 2.19. The first-order valence-corrected chi connectivity index (χ1v) is 5.66. The third-order valence-corrected chi connectivity index (χ3v) is 2.81. The average Bonchev–Trinajstić information content (AvgIpc) is 2.89. The van der Waals surface area contributed by atoms with Crippen LogP contribution >= 0.6 is 11.6 Å². The van der Waals surface area contributed by atoms with Gasteiger partial charge >= 0.3 is 0 Å². The Bertz CT molecular complexity index is 612. The number of carbonyl (C=O) groups excluding carboxylic acids is 1. The number of amides is 1. The van der Waals surface area contributed by atoms with Crippen molar-refractivity contribution in [2.45, 2.75) is 6.54 Å². The Balaban J connectivity index is 2.15. The molecule has 0 spiro atoms. The van der Waals surface area contributed by atoms with Crippen LogP contribution in [0.15, 0.2) is 30.5 Å². The first-order valence-electron chi connectivity index (χ1n) is 5.29. The predicted octanol–water partition coefficient (Wildman–Crippen LogP) is 1.90. The topological polar surface area (TPSA) is 101 Å². The number of nitro groups is 1. The van der Waals surface area contributed by atoms with Gasteiger partial charge in [-0.1, -0.05) is 17.7 Å². The van der Waals surface area contributed by atoms with Crippen LogP contribution in [-0.2, 0) is 6.54 Å². The van der Waals surface area contributed by atoms with Gasteiger partial charge in [-0.15, -0.1) is 0 Å². The number of aromatic amines is 1. The molecule has 0 aliphatic rings. The molecule has 8 heteroatoms. The number of nitrogens with one attached hydrogen (secondary N) is 2. The van der Waals surface area contributed by atoms with Gasteiger partial charge in [0.1, 0.15) is 5.02 Å². The Morgan fingerprint density at radius 2 is 2.26 bits per heavy atom. The van der Waals surface area contributed by atoms with Crippen molar-refractivity contribution in [2.24, 2.45) is 0 Å². The summed E-state index contributed by atoms with van der Waals surface area (Å²) in [7, 11) is 0. The number of carbonyl (C=O) groups is 1. The molecule has 1 aromatic carbocycles. The van der Waals surface area contributed by atoms with Crippen molar-refractivity contribution in [3.8, 4) is 0 Å². The fourth-order valence-electron chi connectivity index (χ4n) is 1.49. The molecule has 0 radical (unpaired) electrons. The number of rotatable bonds is 4. The van der Waals surface area contributed by atoms with Crippen molar-refractivity contribution >= 4 is 23.2 Å². The lowest BCUT2D eigenvalue weighted by molar-refractivity contribution is -0.384. The molecule has 0 unspecified atom stereocenters. The smallest absolute Gasteiger partial charge is 0.288 e. The zero-order valence-corrected chi connectivity index (χ0v) is 10.3. The van der Waals surface area contributed by atoms with E-state index in [1.807, 2.05) is 0 Å². The van der Waals surface area contributed by atoms with Crippen LogP contribution in [0, 0.1) is 10.1 Å². The highest BCUT2D eigenvalue weighted by molar-refractivity contribution is 6.35. The van der Waals surface area contributed by atoms with E-state index < -0.39 is 10.8 Å². The molecule has 7 nitrogen and oxygen atoms in total. The average molecular weight is 281 g/mol. The molecule has 1 heterocycles. The summed E-state index contributed by atoms with van der Waals surface area (Å²) in [5, 5.41) is 19.6. The number of H-pyrrole nitrogens is 1. The van der Waals surface area contributed by atoms with Crippen molar-refractivity contribution in [2.75, 3.05) is 0 Å². The predicted molar refractivity (Wildman–Crippen MR) is 67.9 cm³/mol. The first kappa shape index (κ1) is 13.0. The van der Waals surface area contributed by atoms with E-state index in [9.17, 15) is 14.9 Å². The summed E-state index contributed by atoms with van der Waals surface area (Å²) in [5.41, 5.74) is 0.487. The van der Waals surface area contributed by atoms with Crippen molar-refractivity contribution in [3.63, 3.8) is 0 Å². The second-order valence-corrected chi connectivity index (χ2v) is 4.04. The van der Waals surface area contributed by atoms with Crippen LogP contribution in [0.4, 0.5) is 5.69 Å². The summed E-state index contributed by atoms with van der Waals surface area (Å²) in [4.78, 5) is 22.0. The van der Waals surface area contributed by atoms with Crippen molar-refractivity contribution in [3.05, 3.63) is 56.9 Å². The molecule has 0 aliphatic carbocycles. The molecule has 0 bridgehead atoms. The largest absolute Gasteiger partial charge is 0.346 e. The Morgan fingerprint density at radius 1 is 1.47 bits per heavy atom. The summed E-state index contributed by atoms with van der Waals surface area (Å²) < 4.78 is 0. The van der Waals surface area contributed by atoms with Crippen LogP contribution in [0.5, 0.6) is 0 Å². The summed E-state index contributed by atoms with van der Waals surface area (Å²) >= 11 is 5.84. The Hall–Kier alpha value is -2.41. The maximum atomic E-state index is 11.9. The highest BCUT2D eigenvalue weighted by Crippen LogP contribution is 2.27. The van der Waals surface area contributed by atoms with Crippen LogP contribution in [-0.4, -0.2) is 21.0 Å². The number of benzene rings is 1. The van der Waals surface area contributed by atoms with Crippen molar-refractivity contribution in [1.29, 1.82) is 0 Å². The summed E-state index contributed by atoms with van der Waals surface area (Å²) in [5.74, 6) is -0.483. The quantitative estimate of drug-likeness (QED) is 0.659. The van der Waals surface area contributed by atoms with Gasteiger partial charge < -0.3 is 5.32 Å². The van der Waals surface area contributed by atoms with Crippen molar-refractivity contribution < 1.29 is 9.72 Å². The Labute approximate surface area is 112 Å². The minimum atomic E-state index is -0.631. The molecule has 1 amide bonds. The number of nitro benzene ring substituents is 1. The van der Waals surface area contributed by atoms with Crippen LogP contribution in [0.1, 0.15) is 16.1 Å². The number of hydrogen-bond donors (Lipinski definition) is 2. The number of halogens is 1. The van der Waals surface area contributed by atoms with Crippen molar-refractivity contribution in [1.82, 2.24) is 15.5 Å². The number of aromatic nitrogens is 2. The van der Waals surface area contributed by atoms with E-state index in [2.05, 4.69) is 15.5 Å². The lowest BCUT2D eigenvalue weighted by Crippen LogP contribution is -2.23. The second-order valence-electron chi connectivity index (χ2n) is 3.66. The minimum absolute atomic E-state index is 0.0652.